The first-order chi connectivity index (χ1) is 12.6. The molecule has 0 radical (unpaired) electrons. The van der Waals surface area contributed by atoms with E-state index < -0.39 is 0 Å². The Bertz CT molecular complexity index is 990. The maximum Gasteiger partial charge on any atom is 0.274 e. The van der Waals surface area contributed by atoms with E-state index in [9.17, 15) is 9.59 Å². The van der Waals surface area contributed by atoms with Crippen LogP contribution in [0.4, 0.5) is 5.13 Å². The Morgan fingerprint density at radius 3 is 2.58 bits per heavy atom. The second-order valence-corrected chi connectivity index (χ2v) is 7.15. The van der Waals surface area contributed by atoms with Gasteiger partial charge in [0.15, 0.2) is 5.13 Å². The fraction of sp³-hybridized carbons (Fsp3) is 0.333. The Morgan fingerprint density at radius 2 is 1.88 bits per heavy atom. The first-order valence-corrected chi connectivity index (χ1v) is 9.38. The molecule has 26 heavy (non-hydrogen) atoms. The number of amides is 1. The molecule has 134 valence electrons. The van der Waals surface area contributed by atoms with Crippen molar-refractivity contribution in [3.8, 4) is 0 Å². The molecule has 8 heteroatoms. The number of rotatable bonds is 3. The van der Waals surface area contributed by atoms with Gasteiger partial charge in [0.05, 0.1) is 17.5 Å². The van der Waals surface area contributed by atoms with Crippen molar-refractivity contribution >= 4 is 33.1 Å². The van der Waals surface area contributed by atoms with Gasteiger partial charge in [-0.2, -0.15) is 5.10 Å². The highest BCUT2D eigenvalue weighted by Gasteiger charge is 2.23. The van der Waals surface area contributed by atoms with Crippen molar-refractivity contribution < 1.29 is 4.79 Å². The van der Waals surface area contributed by atoms with Crippen molar-refractivity contribution in [1.29, 1.82) is 0 Å². The molecule has 7 nitrogen and oxygen atoms in total. The number of benzene rings is 1. The van der Waals surface area contributed by atoms with Crippen LogP contribution >= 0.6 is 11.3 Å². The molecule has 1 aliphatic rings. The van der Waals surface area contributed by atoms with Crippen LogP contribution in [0.15, 0.2) is 40.6 Å². The summed E-state index contributed by atoms with van der Waals surface area (Å²) >= 11 is 1.62. The minimum absolute atomic E-state index is 0.0418. The third-order valence-corrected chi connectivity index (χ3v) is 5.51. The zero-order valence-corrected chi connectivity index (χ0v) is 15.3. The van der Waals surface area contributed by atoms with E-state index in [0.29, 0.717) is 24.2 Å². The number of carbonyl (C=O) groups excluding carboxylic acids is 1. The number of aromatic nitrogens is 3. The number of piperazine rings is 1. The van der Waals surface area contributed by atoms with E-state index in [-0.39, 0.29) is 17.9 Å². The average Bonchev–Trinajstić information content (AvgIpc) is 3.21. The van der Waals surface area contributed by atoms with Crippen LogP contribution in [0, 0.1) is 0 Å². The topological polar surface area (TPSA) is 71.3 Å². The van der Waals surface area contributed by atoms with E-state index in [1.54, 1.807) is 30.6 Å². The second-order valence-electron chi connectivity index (χ2n) is 6.28. The second kappa shape index (κ2) is 6.87. The molecule has 3 aromatic rings. The number of hydrogen-bond acceptors (Lipinski definition) is 6. The number of nitrogens with zero attached hydrogens (tertiary/aromatic N) is 5. The summed E-state index contributed by atoms with van der Waals surface area (Å²) < 4.78 is 1.31. The molecular weight excluding hydrogens is 350 g/mol. The van der Waals surface area contributed by atoms with Crippen LogP contribution in [0.1, 0.15) is 5.69 Å². The van der Waals surface area contributed by atoms with Crippen molar-refractivity contribution in [3.05, 3.63) is 51.9 Å². The molecule has 0 unspecified atom stereocenters. The SMILES string of the molecule is Cn1nc(CC(=O)N2CCN(c3nccs3)CC2)c2ccccc2c1=O. The number of hydrogen-bond donors (Lipinski definition) is 0. The van der Waals surface area contributed by atoms with E-state index in [1.807, 2.05) is 28.5 Å². The van der Waals surface area contributed by atoms with Gasteiger partial charge in [-0.15, -0.1) is 11.3 Å². The van der Waals surface area contributed by atoms with Crippen molar-refractivity contribution in [3.63, 3.8) is 0 Å². The van der Waals surface area contributed by atoms with Crippen LogP contribution in [0.5, 0.6) is 0 Å². The van der Waals surface area contributed by atoms with Crippen molar-refractivity contribution in [2.75, 3.05) is 31.1 Å². The van der Waals surface area contributed by atoms with E-state index in [2.05, 4.69) is 15.0 Å². The molecule has 0 aliphatic carbocycles. The highest BCUT2D eigenvalue weighted by Crippen LogP contribution is 2.20. The quantitative estimate of drug-likeness (QED) is 0.696. The van der Waals surface area contributed by atoms with E-state index in [4.69, 9.17) is 0 Å². The van der Waals surface area contributed by atoms with Crippen LogP contribution in [0.2, 0.25) is 0 Å². The van der Waals surface area contributed by atoms with E-state index in [1.165, 1.54) is 4.68 Å². The van der Waals surface area contributed by atoms with Crippen molar-refractivity contribution in [2.24, 2.45) is 7.05 Å². The molecule has 1 aromatic carbocycles. The molecule has 1 aliphatic heterocycles. The van der Waals surface area contributed by atoms with Crippen LogP contribution in [0.25, 0.3) is 10.8 Å². The molecule has 1 fully saturated rings. The lowest BCUT2D eigenvalue weighted by Crippen LogP contribution is -2.49. The summed E-state index contributed by atoms with van der Waals surface area (Å²) in [6.07, 6.45) is 2.00. The summed E-state index contributed by atoms with van der Waals surface area (Å²) in [4.78, 5) is 33.4. The average molecular weight is 369 g/mol. The van der Waals surface area contributed by atoms with Gasteiger partial charge < -0.3 is 9.80 Å². The zero-order valence-electron chi connectivity index (χ0n) is 14.5. The van der Waals surface area contributed by atoms with Gasteiger partial charge >= 0.3 is 0 Å². The lowest BCUT2D eigenvalue weighted by atomic mass is 10.1. The number of anilines is 1. The van der Waals surface area contributed by atoms with Gasteiger partial charge in [-0.25, -0.2) is 9.67 Å². The fourth-order valence-corrected chi connectivity index (χ4v) is 3.98. The molecule has 1 saturated heterocycles. The maximum absolute atomic E-state index is 12.8. The zero-order chi connectivity index (χ0) is 18.1. The lowest BCUT2D eigenvalue weighted by Gasteiger charge is -2.34. The van der Waals surface area contributed by atoms with Crippen LogP contribution in [-0.4, -0.2) is 51.8 Å². The first kappa shape index (κ1) is 16.7. The van der Waals surface area contributed by atoms with Gasteiger partial charge in [0.1, 0.15) is 0 Å². The number of aryl methyl sites for hydroxylation is 1. The molecule has 4 rings (SSSR count). The van der Waals surface area contributed by atoms with Crippen molar-refractivity contribution in [1.82, 2.24) is 19.7 Å². The van der Waals surface area contributed by atoms with Crippen LogP contribution in [0.3, 0.4) is 0 Å². The molecule has 1 amide bonds. The Morgan fingerprint density at radius 1 is 1.15 bits per heavy atom. The normalized spacial score (nSPS) is 14.8. The maximum atomic E-state index is 12.8. The van der Waals surface area contributed by atoms with Gasteiger partial charge in [0, 0.05) is 50.2 Å². The monoisotopic (exact) mass is 369 g/mol. The molecule has 0 N–H and O–H groups in total. The Balaban J connectivity index is 1.50. The highest BCUT2D eigenvalue weighted by atomic mass is 32.1. The predicted molar refractivity (Wildman–Crippen MR) is 102 cm³/mol. The summed E-state index contributed by atoms with van der Waals surface area (Å²) in [5.41, 5.74) is 0.504. The largest absolute Gasteiger partial charge is 0.345 e. The number of thiazole rings is 1. The van der Waals surface area contributed by atoms with Gasteiger partial charge in [0.25, 0.3) is 5.56 Å². The summed E-state index contributed by atoms with van der Waals surface area (Å²) in [5, 5.41) is 8.65. The molecule has 0 bridgehead atoms. The number of fused-ring (bicyclic) bond motifs is 1. The predicted octanol–water partition coefficient (Wildman–Crippen LogP) is 1.28. The van der Waals surface area contributed by atoms with Crippen LogP contribution in [-0.2, 0) is 18.3 Å². The minimum atomic E-state index is -0.145. The summed E-state index contributed by atoms with van der Waals surface area (Å²) in [5.74, 6) is 0.0418. The Kier molecular flexibility index (Phi) is 4.42. The van der Waals surface area contributed by atoms with E-state index in [0.717, 1.165) is 23.6 Å². The molecule has 3 heterocycles. The number of carbonyl (C=O) groups is 1. The minimum Gasteiger partial charge on any atom is -0.345 e. The highest BCUT2D eigenvalue weighted by molar-refractivity contribution is 7.13. The molecule has 0 spiro atoms. The third kappa shape index (κ3) is 3.08. The Hall–Kier alpha value is -2.74. The first-order valence-electron chi connectivity index (χ1n) is 8.50. The smallest absolute Gasteiger partial charge is 0.274 e. The van der Waals surface area contributed by atoms with Gasteiger partial charge in [0.2, 0.25) is 5.91 Å². The summed E-state index contributed by atoms with van der Waals surface area (Å²) in [6.45, 7) is 2.89. The molecule has 0 saturated carbocycles. The van der Waals surface area contributed by atoms with Gasteiger partial charge in [-0.05, 0) is 6.07 Å². The molecule has 0 atom stereocenters. The summed E-state index contributed by atoms with van der Waals surface area (Å²) in [7, 11) is 1.62. The van der Waals surface area contributed by atoms with E-state index >= 15 is 0 Å². The van der Waals surface area contributed by atoms with Gasteiger partial charge in [-0.3, -0.25) is 9.59 Å². The third-order valence-electron chi connectivity index (χ3n) is 4.67. The fourth-order valence-electron chi connectivity index (χ4n) is 3.28. The lowest BCUT2D eigenvalue weighted by molar-refractivity contribution is -0.130. The Labute approximate surface area is 154 Å². The van der Waals surface area contributed by atoms with Crippen molar-refractivity contribution in [2.45, 2.75) is 6.42 Å². The van der Waals surface area contributed by atoms with Crippen LogP contribution < -0.4 is 10.5 Å². The molecule has 2 aromatic heterocycles. The summed E-state index contributed by atoms with van der Waals surface area (Å²) in [6, 6.07) is 7.32. The standard InChI is InChI=1S/C18H19N5O2S/c1-21-17(25)14-5-3-2-4-13(14)15(20-21)12-16(24)22-7-9-23(10-8-22)18-19-6-11-26-18/h2-6,11H,7-10,12H2,1H3. The van der Waals surface area contributed by atoms with Gasteiger partial charge in [-0.1, -0.05) is 18.2 Å². The molecular formula is C18H19N5O2S.